The molecule has 13 heavy (non-hydrogen) atoms. The van der Waals surface area contributed by atoms with Crippen LogP contribution in [0.1, 0.15) is 52.9 Å². The van der Waals surface area contributed by atoms with Gasteiger partial charge < -0.3 is 5.11 Å². The summed E-state index contributed by atoms with van der Waals surface area (Å²) in [5.74, 6) is 1.40. The Bertz CT molecular complexity index is 151. The largest absolute Gasteiger partial charge is 0.396 e. The summed E-state index contributed by atoms with van der Waals surface area (Å²) in [4.78, 5) is 0. The van der Waals surface area contributed by atoms with E-state index in [0.717, 1.165) is 5.92 Å². The monoisotopic (exact) mass is 184 g/mol. The van der Waals surface area contributed by atoms with Gasteiger partial charge in [0.2, 0.25) is 0 Å². The maximum atomic E-state index is 8.94. The molecule has 1 heteroatoms. The highest BCUT2D eigenvalue weighted by atomic mass is 16.3. The zero-order valence-corrected chi connectivity index (χ0v) is 9.34. The SMILES string of the molecule is CC(CO)CCC1CCCC1(C)C. The lowest BCUT2D eigenvalue weighted by Gasteiger charge is -2.27. The van der Waals surface area contributed by atoms with Gasteiger partial charge in [0, 0.05) is 6.61 Å². The van der Waals surface area contributed by atoms with E-state index in [1.807, 2.05) is 0 Å². The van der Waals surface area contributed by atoms with E-state index < -0.39 is 0 Å². The van der Waals surface area contributed by atoms with E-state index in [4.69, 9.17) is 5.11 Å². The van der Waals surface area contributed by atoms with Crippen molar-refractivity contribution < 1.29 is 5.11 Å². The molecule has 1 aliphatic carbocycles. The van der Waals surface area contributed by atoms with Crippen molar-refractivity contribution in [3.63, 3.8) is 0 Å². The van der Waals surface area contributed by atoms with Crippen molar-refractivity contribution in [3.05, 3.63) is 0 Å². The first kappa shape index (κ1) is 11.0. The highest BCUT2D eigenvalue weighted by Crippen LogP contribution is 2.45. The van der Waals surface area contributed by atoms with Crippen LogP contribution in [0.5, 0.6) is 0 Å². The van der Waals surface area contributed by atoms with Crippen LogP contribution < -0.4 is 0 Å². The number of rotatable bonds is 4. The number of hydrogen-bond donors (Lipinski definition) is 1. The number of aliphatic hydroxyl groups is 1. The molecule has 2 atom stereocenters. The van der Waals surface area contributed by atoms with Crippen molar-refractivity contribution in [2.75, 3.05) is 6.61 Å². The molecule has 1 fully saturated rings. The van der Waals surface area contributed by atoms with Crippen molar-refractivity contribution >= 4 is 0 Å². The molecule has 1 nitrogen and oxygen atoms in total. The van der Waals surface area contributed by atoms with Gasteiger partial charge in [0.05, 0.1) is 0 Å². The molecule has 78 valence electrons. The fraction of sp³-hybridized carbons (Fsp3) is 1.00. The molecule has 1 N–H and O–H groups in total. The van der Waals surface area contributed by atoms with E-state index in [2.05, 4.69) is 20.8 Å². The van der Waals surface area contributed by atoms with E-state index >= 15 is 0 Å². The van der Waals surface area contributed by atoms with Crippen molar-refractivity contribution in [3.8, 4) is 0 Å². The highest BCUT2D eigenvalue weighted by molar-refractivity contribution is 4.84. The van der Waals surface area contributed by atoms with Crippen LogP contribution in [0, 0.1) is 17.3 Å². The lowest BCUT2D eigenvalue weighted by Crippen LogP contribution is -2.18. The molecule has 0 aromatic heterocycles. The fourth-order valence-corrected chi connectivity index (χ4v) is 2.51. The quantitative estimate of drug-likeness (QED) is 0.711. The maximum Gasteiger partial charge on any atom is 0.0456 e. The third-order valence-electron chi connectivity index (χ3n) is 3.80. The summed E-state index contributed by atoms with van der Waals surface area (Å²) in [6.07, 6.45) is 6.72. The Kier molecular flexibility index (Phi) is 3.78. The smallest absolute Gasteiger partial charge is 0.0456 e. The predicted octanol–water partition coefficient (Wildman–Crippen LogP) is 3.22. The standard InChI is InChI=1S/C12H24O/c1-10(9-13)6-7-11-5-4-8-12(11,2)3/h10-11,13H,4-9H2,1-3H3. The van der Waals surface area contributed by atoms with E-state index in [1.165, 1.54) is 32.1 Å². The lowest BCUT2D eigenvalue weighted by molar-refractivity contribution is 0.194. The summed E-state index contributed by atoms with van der Waals surface area (Å²) in [6, 6.07) is 0. The van der Waals surface area contributed by atoms with Gasteiger partial charge in [-0.15, -0.1) is 0 Å². The first-order valence-electron chi connectivity index (χ1n) is 5.67. The molecule has 0 spiro atoms. The first-order valence-corrected chi connectivity index (χ1v) is 5.67. The van der Waals surface area contributed by atoms with Crippen LogP contribution in [-0.4, -0.2) is 11.7 Å². The minimum atomic E-state index is 0.354. The summed E-state index contributed by atoms with van der Waals surface area (Å²) in [7, 11) is 0. The van der Waals surface area contributed by atoms with E-state index in [0.29, 0.717) is 17.9 Å². The van der Waals surface area contributed by atoms with Gasteiger partial charge in [-0.2, -0.15) is 0 Å². The molecule has 0 aromatic rings. The highest BCUT2D eigenvalue weighted by Gasteiger charge is 2.33. The molecule has 0 saturated heterocycles. The van der Waals surface area contributed by atoms with Crippen molar-refractivity contribution in [1.82, 2.24) is 0 Å². The van der Waals surface area contributed by atoms with Crippen LogP contribution in [-0.2, 0) is 0 Å². The second-order valence-electron chi connectivity index (χ2n) is 5.44. The topological polar surface area (TPSA) is 20.2 Å². The van der Waals surface area contributed by atoms with Gasteiger partial charge >= 0.3 is 0 Å². The van der Waals surface area contributed by atoms with Crippen molar-refractivity contribution in [1.29, 1.82) is 0 Å². The molecule has 1 rings (SSSR count). The summed E-state index contributed by atoms with van der Waals surface area (Å²) < 4.78 is 0. The molecule has 0 radical (unpaired) electrons. The summed E-state index contributed by atoms with van der Waals surface area (Å²) in [6.45, 7) is 7.29. The predicted molar refractivity (Wildman–Crippen MR) is 56.6 cm³/mol. The van der Waals surface area contributed by atoms with E-state index in [-0.39, 0.29) is 0 Å². The molecule has 0 aromatic carbocycles. The molecule has 2 unspecified atom stereocenters. The van der Waals surface area contributed by atoms with Crippen LogP contribution in [0.3, 0.4) is 0 Å². The lowest BCUT2D eigenvalue weighted by atomic mass is 9.78. The summed E-state index contributed by atoms with van der Waals surface area (Å²) in [5.41, 5.74) is 0.565. The molecular weight excluding hydrogens is 160 g/mol. The van der Waals surface area contributed by atoms with Gasteiger partial charge in [0.25, 0.3) is 0 Å². The van der Waals surface area contributed by atoms with E-state index in [1.54, 1.807) is 0 Å². The second kappa shape index (κ2) is 4.45. The van der Waals surface area contributed by atoms with Gasteiger partial charge in [0.15, 0.2) is 0 Å². The second-order valence-corrected chi connectivity index (χ2v) is 5.44. The third kappa shape index (κ3) is 2.98. The molecule has 1 aliphatic rings. The van der Waals surface area contributed by atoms with Gasteiger partial charge in [-0.1, -0.05) is 27.2 Å². The number of hydrogen-bond acceptors (Lipinski definition) is 1. The Hall–Kier alpha value is -0.0400. The van der Waals surface area contributed by atoms with Crippen LogP contribution >= 0.6 is 0 Å². The summed E-state index contributed by atoms with van der Waals surface area (Å²) >= 11 is 0. The Morgan fingerprint density at radius 2 is 2.15 bits per heavy atom. The Morgan fingerprint density at radius 1 is 1.46 bits per heavy atom. The van der Waals surface area contributed by atoms with E-state index in [9.17, 15) is 0 Å². The van der Waals surface area contributed by atoms with Crippen LogP contribution in [0.4, 0.5) is 0 Å². The molecule has 0 bridgehead atoms. The normalized spacial score (nSPS) is 29.1. The van der Waals surface area contributed by atoms with Crippen LogP contribution in [0.2, 0.25) is 0 Å². The molecule has 0 amide bonds. The Labute approximate surface area is 82.5 Å². The molecule has 1 saturated carbocycles. The molecular formula is C12H24O. The van der Waals surface area contributed by atoms with Gasteiger partial charge in [0.1, 0.15) is 0 Å². The average Bonchev–Trinajstić information content (AvgIpc) is 2.41. The fourth-order valence-electron chi connectivity index (χ4n) is 2.51. The van der Waals surface area contributed by atoms with Gasteiger partial charge in [-0.05, 0) is 42.9 Å². The zero-order chi connectivity index (χ0) is 9.90. The Morgan fingerprint density at radius 3 is 2.62 bits per heavy atom. The average molecular weight is 184 g/mol. The van der Waals surface area contributed by atoms with Crippen molar-refractivity contribution in [2.24, 2.45) is 17.3 Å². The minimum absolute atomic E-state index is 0.354. The first-order chi connectivity index (χ1) is 6.06. The maximum absolute atomic E-state index is 8.94. The summed E-state index contributed by atoms with van der Waals surface area (Å²) in [5, 5.41) is 8.94. The zero-order valence-electron chi connectivity index (χ0n) is 9.34. The Balaban J connectivity index is 2.28. The van der Waals surface area contributed by atoms with Gasteiger partial charge in [-0.3, -0.25) is 0 Å². The minimum Gasteiger partial charge on any atom is -0.396 e. The molecule has 0 heterocycles. The number of aliphatic hydroxyl groups excluding tert-OH is 1. The van der Waals surface area contributed by atoms with Crippen LogP contribution in [0.25, 0.3) is 0 Å². The van der Waals surface area contributed by atoms with Crippen molar-refractivity contribution in [2.45, 2.75) is 52.9 Å². The third-order valence-corrected chi connectivity index (χ3v) is 3.80. The molecule has 0 aliphatic heterocycles. The van der Waals surface area contributed by atoms with Crippen LogP contribution in [0.15, 0.2) is 0 Å². The van der Waals surface area contributed by atoms with Gasteiger partial charge in [-0.25, -0.2) is 0 Å².